The van der Waals surface area contributed by atoms with E-state index in [-0.39, 0.29) is 0 Å². The predicted molar refractivity (Wildman–Crippen MR) is 116 cm³/mol. The van der Waals surface area contributed by atoms with Crippen LogP contribution in [0.4, 0.5) is 39.5 Å². The van der Waals surface area contributed by atoms with Crippen LogP contribution in [-0.4, -0.2) is 0 Å². The monoisotopic (exact) mass is 498 g/mol. The van der Waals surface area contributed by atoms with E-state index in [0.29, 0.717) is 16.7 Å². The number of hydrogen-bond acceptors (Lipinski definition) is 0. The fourth-order valence-corrected chi connectivity index (χ4v) is 3.68. The molecule has 0 saturated heterocycles. The highest BCUT2D eigenvalue weighted by molar-refractivity contribution is 5.64. The van der Waals surface area contributed by atoms with Crippen molar-refractivity contribution in [1.82, 2.24) is 0 Å². The molecule has 0 radical (unpaired) electrons. The van der Waals surface area contributed by atoms with Gasteiger partial charge in [-0.15, -0.1) is 0 Å². The van der Waals surface area contributed by atoms with Crippen molar-refractivity contribution in [3.8, 4) is 0 Å². The molecule has 9 heteroatoms. The summed E-state index contributed by atoms with van der Waals surface area (Å²) in [6.45, 7) is 1.64. The molecule has 0 aliphatic carbocycles. The zero-order valence-electron chi connectivity index (χ0n) is 17.8. The highest BCUT2D eigenvalue weighted by Gasteiger charge is 2.32. The van der Waals surface area contributed by atoms with Crippen LogP contribution in [0.3, 0.4) is 0 Å². The first-order valence-corrected chi connectivity index (χ1v) is 9.91. The van der Waals surface area contributed by atoms with Gasteiger partial charge in [-0.1, -0.05) is 72.8 Å². The Morgan fingerprint density at radius 2 is 0.600 bits per heavy atom. The number of hydrogen-bond donors (Lipinski definition) is 0. The molecule has 0 atom stereocenters. The minimum absolute atomic E-state index is 0.391. The molecule has 0 unspecified atom stereocenters. The van der Waals surface area contributed by atoms with Gasteiger partial charge in [-0.05, 0) is 23.6 Å². The molecule has 0 amide bonds. The van der Waals surface area contributed by atoms with Crippen LogP contribution in [0.5, 0.6) is 0 Å². The van der Waals surface area contributed by atoms with E-state index in [1.54, 1.807) is 6.92 Å². The molecule has 0 spiro atoms. The van der Waals surface area contributed by atoms with Crippen LogP contribution < -0.4 is 0 Å². The van der Waals surface area contributed by atoms with Gasteiger partial charge in [0.05, 0.1) is 0 Å². The van der Waals surface area contributed by atoms with Crippen molar-refractivity contribution in [2.75, 3.05) is 0 Å². The molecular weight excluding hydrogens is 483 g/mol. The molecule has 0 aromatic heterocycles. The summed E-state index contributed by atoms with van der Waals surface area (Å²) < 4.78 is 117. The normalized spacial score (nSPS) is 11.1. The lowest BCUT2D eigenvalue weighted by Gasteiger charge is -2.32. The van der Waals surface area contributed by atoms with Gasteiger partial charge in [-0.2, -0.15) is 26.3 Å². The lowest BCUT2D eigenvalue weighted by atomic mass is 9.70. The number of rotatable bonds is 6. The average molecular weight is 498 g/mol. The maximum atomic E-state index is 13.6. The smallest absolute Gasteiger partial charge is 0.200 e. The molecule has 0 bridgehead atoms. The zero-order valence-corrected chi connectivity index (χ0v) is 17.8. The molecule has 35 heavy (non-hydrogen) atoms. The van der Waals surface area contributed by atoms with Gasteiger partial charge in [-0.25, -0.2) is 13.2 Å². The Morgan fingerprint density at radius 3 is 0.771 bits per heavy atom. The van der Waals surface area contributed by atoms with Gasteiger partial charge in [0.2, 0.25) is 0 Å². The van der Waals surface area contributed by atoms with E-state index >= 15 is 0 Å². The molecule has 182 valence electrons. The van der Waals surface area contributed by atoms with Crippen molar-refractivity contribution in [1.29, 1.82) is 0 Å². The Bertz CT molecular complexity index is 1130. The maximum absolute atomic E-state index is 13.6. The maximum Gasteiger partial charge on any atom is 0.306 e. The van der Waals surface area contributed by atoms with Crippen LogP contribution in [0.1, 0.15) is 40.3 Å². The summed E-state index contributed by atoms with van der Waals surface area (Å²) in [5.74, 6) is -5.13. The molecule has 0 heterocycles. The summed E-state index contributed by atoms with van der Waals surface area (Å²) >= 11 is 0. The third kappa shape index (κ3) is 5.18. The van der Waals surface area contributed by atoms with Crippen molar-refractivity contribution in [2.24, 2.45) is 0 Å². The Hall–Kier alpha value is -3.75. The molecule has 0 saturated carbocycles. The van der Waals surface area contributed by atoms with Crippen LogP contribution >= 0.6 is 0 Å². The van der Waals surface area contributed by atoms with E-state index in [0.717, 1.165) is 36.4 Å². The fraction of sp³-hybridized carbons (Fsp3) is 0.0769. The van der Waals surface area contributed by atoms with Crippen molar-refractivity contribution in [3.05, 3.63) is 124 Å². The van der Waals surface area contributed by atoms with Gasteiger partial charge < -0.3 is 0 Å². The first-order chi connectivity index (χ1) is 16.5. The minimum Gasteiger partial charge on any atom is -0.200 e. The van der Waals surface area contributed by atoms with Crippen LogP contribution in [0.25, 0.3) is 17.5 Å². The van der Waals surface area contributed by atoms with E-state index in [1.807, 2.05) is 0 Å². The first-order valence-electron chi connectivity index (χ1n) is 9.91. The Labute approximate surface area is 194 Å². The summed E-state index contributed by atoms with van der Waals surface area (Å²) in [5, 5.41) is 0. The van der Waals surface area contributed by atoms with E-state index in [2.05, 4.69) is 0 Å². The quantitative estimate of drug-likeness (QED) is 0.234. The van der Waals surface area contributed by atoms with Crippen molar-refractivity contribution < 1.29 is 39.5 Å². The summed E-state index contributed by atoms with van der Waals surface area (Å²) in [6, 6.07) is 14.7. The largest absolute Gasteiger partial charge is 0.306 e. The van der Waals surface area contributed by atoms with Gasteiger partial charge in [0, 0.05) is 22.1 Å². The summed E-state index contributed by atoms with van der Waals surface area (Å²) in [5.41, 5.74) is -1.13. The molecule has 0 aliphatic heterocycles. The molecule has 0 N–H and O–H groups in total. The van der Waals surface area contributed by atoms with Gasteiger partial charge >= 0.3 is 18.2 Å². The SMILES string of the molecule is CC(c1ccc(C(F)=C(F)F)cc1)(c1ccc(C(F)=C(F)F)cc1)c1ccc(C(F)=C(F)F)cc1. The standard InChI is InChI=1S/C26H15F9/c1-26(17-8-2-14(3-9-17)20(27)23(30)31,18-10-4-15(5-11-18)21(28)24(32)33)19-12-6-16(7-13-19)22(29)25(34)35/h2-13H,1H3. The number of halogens is 9. The van der Waals surface area contributed by atoms with Crippen LogP contribution in [0.15, 0.2) is 91.0 Å². The van der Waals surface area contributed by atoms with E-state index in [4.69, 9.17) is 0 Å². The lowest BCUT2D eigenvalue weighted by Crippen LogP contribution is -2.25. The van der Waals surface area contributed by atoms with Gasteiger partial charge in [0.15, 0.2) is 17.5 Å². The highest BCUT2D eigenvalue weighted by Crippen LogP contribution is 2.41. The Balaban J connectivity index is 2.18. The van der Waals surface area contributed by atoms with E-state index in [9.17, 15) is 39.5 Å². The fourth-order valence-electron chi connectivity index (χ4n) is 3.68. The molecule has 3 rings (SSSR count). The number of benzene rings is 3. The van der Waals surface area contributed by atoms with Crippen molar-refractivity contribution in [2.45, 2.75) is 12.3 Å². The second kappa shape index (κ2) is 10.2. The van der Waals surface area contributed by atoms with Crippen molar-refractivity contribution in [3.63, 3.8) is 0 Å². The molecule has 3 aromatic carbocycles. The van der Waals surface area contributed by atoms with Gasteiger partial charge in [0.1, 0.15) is 0 Å². The highest BCUT2D eigenvalue weighted by atomic mass is 19.3. The second-order valence-electron chi connectivity index (χ2n) is 7.58. The third-order valence-corrected chi connectivity index (χ3v) is 5.64. The molecular formula is C26H15F9. The van der Waals surface area contributed by atoms with Crippen LogP contribution in [0, 0.1) is 0 Å². The van der Waals surface area contributed by atoms with E-state index in [1.165, 1.54) is 36.4 Å². The van der Waals surface area contributed by atoms with Gasteiger partial charge in [0.25, 0.3) is 0 Å². The lowest BCUT2D eigenvalue weighted by molar-refractivity contribution is 0.410. The van der Waals surface area contributed by atoms with Gasteiger partial charge in [-0.3, -0.25) is 0 Å². The zero-order chi connectivity index (χ0) is 25.9. The van der Waals surface area contributed by atoms with Crippen LogP contribution in [0.2, 0.25) is 0 Å². The average Bonchev–Trinajstić information content (AvgIpc) is 2.87. The molecule has 0 aliphatic rings. The van der Waals surface area contributed by atoms with Crippen molar-refractivity contribution >= 4 is 17.5 Å². The predicted octanol–water partition coefficient (Wildman–Crippen LogP) is 9.64. The molecule has 0 fully saturated rings. The van der Waals surface area contributed by atoms with Crippen LogP contribution in [-0.2, 0) is 5.41 Å². The minimum atomic E-state index is -2.50. The summed E-state index contributed by atoms with van der Waals surface area (Å²) in [6.07, 6.45) is -7.51. The topological polar surface area (TPSA) is 0 Å². The third-order valence-electron chi connectivity index (χ3n) is 5.64. The first kappa shape index (κ1) is 25.9. The Morgan fingerprint density at radius 1 is 0.400 bits per heavy atom. The summed E-state index contributed by atoms with van der Waals surface area (Å²) in [7, 11) is 0. The molecule has 3 aromatic rings. The Kier molecular flexibility index (Phi) is 7.57. The van der Waals surface area contributed by atoms with E-state index < -0.39 is 57.8 Å². The molecule has 0 nitrogen and oxygen atoms in total. The summed E-state index contributed by atoms with van der Waals surface area (Å²) in [4.78, 5) is 0. The second-order valence-corrected chi connectivity index (χ2v) is 7.58.